The number of hydrogen-bond acceptors (Lipinski definition) is 3. The molecule has 5 heteroatoms. The number of imidazole rings is 1. The first-order valence-corrected chi connectivity index (χ1v) is 11.3. The summed E-state index contributed by atoms with van der Waals surface area (Å²) < 4.78 is 8.29. The van der Waals surface area contributed by atoms with Crippen molar-refractivity contribution in [2.75, 3.05) is 13.2 Å². The third kappa shape index (κ3) is 4.60. The Morgan fingerprint density at radius 2 is 1.81 bits per heavy atom. The molecule has 2 aromatic carbocycles. The summed E-state index contributed by atoms with van der Waals surface area (Å²) in [7, 11) is 0. The van der Waals surface area contributed by atoms with E-state index in [0.717, 1.165) is 48.5 Å². The molecule has 0 radical (unpaired) electrons. The van der Waals surface area contributed by atoms with Crippen molar-refractivity contribution in [3.05, 3.63) is 59.9 Å². The van der Waals surface area contributed by atoms with Crippen molar-refractivity contribution in [1.82, 2.24) is 14.5 Å². The molecular formula is C26H33N3O2. The van der Waals surface area contributed by atoms with Crippen molar-refractivity contribution >= 4 is 16.9 Å². The van der Waals surface area contributed by atoms with Crippen molar-refractivity contribution in [3.8, 4) is 5.75 Å². The molecule has 2 heterocycles. The first kappa shape index (κ1) is 21.4. The number of aromatic nitrogens is 2. The van der Waals surface area contributed by atoms with Crippen molar-refractivity contribution in [1.29, 1.82) is 0 Å². The predicted octanol–water partition coefficient (Wildman–Crippen LogP) is 5.32. The van der Waals surface area contributed by atoms with Crippen LogP contribution in [0.15, 0.2) is 48.5 Å². The second-order valence-corrected chi connectivity index (χ2v) is 9.51. The fraction of sp³-hybridized carbons (Fsp3) is 0.462. The van der Waals surface area contributed by atoms with Gasteiger partial charge in [0.2, 0.25) is 5.91 Å². The van der Waals surface area contributed by atoms with Gasteiger partial charge < -0.3 is 14.2 Å². The molecule has 1 aromatic heterocycles. The van der Waals surface area contributed by atoms with Crippen LogP contribution < -0.4 is 4.74 Å². The van der Waals surface area contributed by atoms with Gasteiger partial charge >= 0.3 is 0 Å². The molecule has 1 aliphatic rings. The molecule has 4 rings (SSSR count). The third-order valence-electron chi connectivity index (χ3n) is 6.11. The van der Waals surface area contributed by atoms with Crippen LogP contribution in [0.5, 0.6) is 5.75 Å². The summed E-state index contributed by atoms with van der Waals surface area (Å²) in [6, 6.07) is 16.4. The number of unbranched alkanes of at least 4 members (excludes halogenated alkanes) is 1. The quantitative estimate of drug-likeness (QED) is 0.487. The number of aryl methyl sites for hydroxylation is 2. The lowest BCUT2D eigenvalue weighted by Gasteiger charge is -2.32. The number of hydrogen-bond donors (Lipinski definition) is 0. The number of likely N-dealkylation sites (tertiary alicyclic amines) is 1. The van der Waals surface area contributed by atoms with Crippen molar-refractivity contribution in [3.63, 3.8) is 0 Å². The molecule has 0 N–H and O–H groups in total. The van der Waals surface area contributed by atoms with Crippen LogP contribution in [0, 0.1) is 6.92 Å². The molecule has 1 fully saturated rings. The molecule has 1 amide bonds. The number of nitrogens with zero attached hydrogens (tertiary/aromatic N) is 3. The SMILES string of the molecule is Cc1ccccc1OCCCCn1c(C2CC(=O)N(C(C)(C)C)C2)nc2ccccc21. The van der Waals surface area contributed by atoms with E-state index in [-0.39, 0.29) is 17.4 Å². The van der Waals surface area contributed by atoms with Crippen molar-refractivity contribution < 1.29 is 9.53 Å². The summed E-state index contributed by atoms with van der Waals surface area (Å²) in [6.07, 6.45) is 2.51. The standard InChI is InChI=1S/C26H33N3O2/c1-19-11-5-8-14-23(19)31-16-10-9-15-28-22-13-7-6-12-21(22)27-25(28)20-17-24(30)29(18-20)26(2,3)4/h5-8,11-14,20H,9-10,15-18H2,1-4H3. The second kappa shape index (κ2) is 8.74. The normalized spacial score (nSPS) is 17.0. The first-order chi connectivity index (χ1) is 14.8. The van der Waals surface area contributed by atoms with Gasteiger partial charge in [0.1, 0.15) is 11.6 Å². The van der Waals surface area contributed by atoms with E-state index in [9.17, 15) is 4.79 Å². The van der Waals surface area contributed by atoms with Gasteiger partial charge in [-0.2, -0.15) is 0 Å². The Balaban J connectivity index is 1.46. The van der Waals surface area contributed by atoms with Crippen LogP contribution in [-0.4, -0.2) is 39.0 Å². The van der Waals surface area contributed by atoms with E-state index in [4.69, 9.17) is 9.72 Å². The minimum absolute atomic E-state index is 0.141. The van der Waals surface area contributed by atoms with Gasteiger partial charge in [-0.1, -0.05) is 30.3 Å². The topological polar surface area (TPSA) is 47.4 Å². The number of rotatable bonds is 7. The van der Waals surface area contributed by atoms with Gasteiger partial charge in [0, 0.05) is 31.0 Å². The van der Waals surface area contributed by atoms with Crippen LogP contribution >= 0.6 is 0 Å². The smallest absolute Gasteiger partial charge is 0.223 e. The van der Waals surface area contributed by atoms with E-state index in [1.165, 1.54) is 5.56 Å². The highest BCUT2D eigenvalue weighted by atomic mass is 16.5. The van der Waals surface area contributed by atoms with Gasteiger partial charge in [0.15, 0.2) is 0 Å². The highest BCUT2D eigenvalue weighted by molar-refractivity contribution is 5.81. The maximum absolute atomic E-state index is 12.7. The monoisotopic (exact) mass is 419 g/mol. The summed E-state index contributed by atoms with van der Waals surface area (Å²) in [5, 5.41) is 0. The minimum Gasteiger partial charge on any atom is -0.493 e. The molecule has 0 spiro atoms. The number of carbonyl (C=O) groups is 1. The maximum Gasteiger partial charge on any atom is 0.223 e. The van der Waals surface area contributed by atoms with E-state index in [0.29, 0.717) is 13.0 Å². The van der Waals surface area contributed by atoms with E-state index in [2.05, 4.69) is 56.5 Å². The van der Waals surface area contributed by atoms with Crippen LogP contribution in [0.4, 0.5) is 0 Å². The number of fused-ring (bicyclic) bond motifs is 1. The molecule has 164 valence electrons. The first-order valence-electron chi connectivity index (χ1n) is 11.3. The van der Waals surface area contributed by atoms with Crippen LogP contribution in [0.2, 0.25) is 0 Å². The Kier molecular flexibility index (Phi) is 6.03. The summed E-state index contributed by atoms with van der Waals surface area (Å²) in [5.41, 5.74) is 3.17. The number of para-hydroxylation sites is 3. The predicted molar refractivity (Wildman–Crippen MR) is 124 cm³/mol. The van der Waals surface area contributed by atoms with Gasteiger partial charge in [-0.05, 0) is 64.3 Å². The molecule has 31 heavy (non-hydrogen) atoms. The molecule has 1 saturated heterocycles. The van der Waals surface area contributed by atoms with Crippen LogP contribution in [0.25, 0.3) is 11.0 Å². The molecular weight excluding hydrogens is 386 g/mol. The summed E-state index contributed by atoms with van der Waals surface area (Å²) >= 11 is 0. The Morgan fingerprint density at radius 3 is 2.55 bits per heavy atom. The summed E-state index contributed by atoms with van der Waals surface area (Å²) in [4.78, 5) is 19.6. The van der Waals surface area contributed by atoms with E-state index < -0.39 is 0 Å². The summed E-state index contributed by atoms with van der Waals surface area (Å²) in [6.45, 7) is 10.7. The molecule has 1 unspecified atom stereocenters. The van der Waals surface area contributed by atoms with Gasteiger partial charge in [-0.15, -0.1) is 0 Å². The number of benzene rings is 2. The molecule has 1 atom stereocenters. The second-order valence-electron chi connectivity index (χ2n) is 9.51. The zero-order valence-corrected chi connectivity index (χ0v) is 19.1. The highest BCUT2D eigenvalue weighted by Crippen LogP contribution is 2.34. The fourth-order valence-electron chi connectivity index (χ4n) is 4.44. The third-order valence-corrected chi connectivity index (χ3v) is 6.11. The molecule has 0 saturated carbocycles. The van der Waals surface area contributed by atoms with Crippen LogP contribution in [-0.2, 0) is 11.3 Å². The molecule has 0 bridgehead atoms. The van der Waals surface area contributed by atoms with Gasteiger partial charge in [-0.3, -0.25) is 4.79 Å². The van der Waals surface area contributed by atoms with E-state index >= 15 is 0 Å². The Labute approximate surface area is 185 Å². The number of ether oxygens (including phenoxy) is 1. The maximum atomic E-state index is 12.7. The largest absolute Gasteiger partial charge is 0.493 e. The van der Waals surface area contributed by atoms with Crippen LogP contribution in [0.1, 0.15) is 57.3 Å². The average molecular weight is 420 g/mol. The fourth-order valence-corrected chi connectivity index (χ4v) is 4.44. The zero-order chi connectivity index (χ0) is 22.0. The number of amides is 1. The Morgan fingerprint density at radius 1 is 1.06 bits per heavy atom. The van der Waals surface area contributed by atoms with Crippen molar-refractivity contribution in [2.45, 2.75) is 65.0 Å². The molecule has 3 aromatic rings. The van der Waals surface area contributed by atoms with Gasteiger partial charge in [-0.25, -0.2) is 4.98 Å². The molecule has 0 aliphatic carbocycles. The van der Waals surface area contributed by atoms with Crippen LogP contribution in [0.3, 0.4) is 0 Å². The van der Waals surface area contributed by atoms with Gasteiger partial charge in [0.05, 0.1) is 17.6 Å². The Hall–Kier alpha value is -2.82. The lowest BCUT2D eigenvalue weighted by atomic mass is 10.1. The zero-order valence-electron chi connectivity index (χ0n) is 19.1. The van der Waals surface area contributed by atoms with Gasteiger partial charge in [0.25, 0.3) is 0 Å². The Bertz CT molecular complexity index is 1060. The lowest BCUT2D eigenvalue weighted by molar-refractivity contribution is -0.131. The van der Waals surface area contributed by atoms with E-state index in [1.807, 2.05) is 29.2 Å². The van der Waals surface area contributed by atoms with Crippen molar-refractivity contribution in [2.24, 2.45) is 0 Å². The molecule has 1 aliphatic heterocycles. The minimum atomic E-state index is -0.157. The summed E-state index contributed by atoms with van der Waals surface area (Å²) in [5.74, 6) is 2.37. The highest BCUT2D eigenvalue weighted by Gasteiger charge is 2.38. The van der Waals surface area contributed by atoms with E-state index in [1.54, 1.807) is 0 Å². The lowest BCUT2D eigenvalue weighted by Crippen LogP contribution is -2.42. The average Bonchev–Trinajstić information content (AvgIpc) is 3.29. The molecule has 5 nitrogen and oxygen atoms in total. The number of carbonyl (C=O) groups excluding carboxylic acids is 1.